The molecule has 1 aliphatic heterocycles. The van der Waals surface area contributed by atoms with E-state index >= 15 is 0 Å². The van der Waals surface area contributed by atoms with Crippen molar-refractivity contribution in [1.29, 1.82) is 0 Å². The Hall–Kier alpha value is -4.26. The van der Waals surface area contributed by atoms with Gasteiger partial charge in [-0.05, 0) is 61.0 Å². The molecule has 0 unspecified atom stereocenters. The van der Waals surface area contributed by atoms with Crippen molar-refractivity contribution in [1.82, 2.24) is 0 Å². The summed E-state index contributed by atoms with van der Waals surface area (Å²) in [5.41, 5.74) is 2.16. The minimum Gasteiger partial charge on any atom is -0.497 e. The molecule has 0 bridgehead atoms. The summed E-state index contributed by atoms with van der Waals surface area (Å²) < 4.78 is 16.0. The van der Waals surface area contributed by atoms with Crippen LogP contribution in [0.15, 0.2) is 78.5 Å². The topological polar surface area (TPSA) is 77.1 Å². The highest BCUT2D eigenvalue weighted by atomic mass is 16.5. The first-order valence-electron chi connectivity index (χ1n) is 10.5. The first-order chi connectivity index (χ1) is 16.0. The summed E-state index contributed by atoms with van der Waals surface area (Å²) in [6.07, 6.45) is 0. The van der Waals surface area contributed by atoms with Gasteiger partial charge in [0, 0.05) is 11.8 Å². The summed E-state index contributed by atoms with van der Waals surface area (Å²) in [6.45, 7) is 2.42. The summed E-state index contributed by atoms with van der Waals surface area (Å²) in [5, 5.41) is 3.14. The van der Waals surface area contributed by atoms with Crippen molar-refractivity contribution >= 4 is 28.8 Å². The van der Waals surface area contributed by atoms with Gasteiger partial charge >= 0.3 is 0 Å². The van der Waals surface area contributed by atoms with Crippen molar-refractivity contribution < 1.29 is 23.8 Å². The number of hydrogen-bond donors (Lipinski definition) is 1. The molecule has 3 aromatic carbocycles. The van der Waals surface area contributed by atoms with E-state index in [1.807, 2.05) is 6.92 Å². The van der Waals surface area contributed by atoms with Crippen LogP contribution in [0.25, 0.3) is 5.57 Å². The lowest BCUT2D eigenvalue weighted by Crippen LogP contribution is -2.32. The zero-order chi connectivity index (χ0) is 23.4. The van der Waals surface area contributed by atoms with Crippen LogP contribution in [0.5, 0.6) is 17.2 Å². The number of carbonyl (C=O) groups is 2. The van der Waals surface area contributed by atoms with E-state index in [1.165, 1.54) is 0 Å². The number of ether oxygens (including phenoxy) is 3. The smallest absolute Gasteiger partial charge is 0.282 e. The summed E-state index contributed by atoms with van der Waals surface area (Å²) in [4.78, 5) is 28.2. The standard InChI is InChI=1S/C26H24N2O5/c1-4-33-21-14-10-19(11-15-21)28-25(29)23(17-8-12-20(31-2)13-9-17)24(26(28)30)27-18-6-5-7-22(16-18)32-3/h5-16,27H,4H2,1-3H3. The summed E-state index contributed by atoms with van der Waals surface area (Å²) in [5.74, 6) is 1.09. The number of rotatable bonds is 8. The highest BCUT2D eigenvalue weighted by Gasteiger charge is 2.40. The highest BCUT2D eigenvalue weighted by molar-refractivity contribution is 6.46. The van der Waals surface area contributed by atoms with Crippen LogP contribution in [0.1, 0.15) is 12.5 Å². The molecular weight excluding hydrogens is 420 g/mol. The van der Waals surface area contributed by atoms with Crippen molar-refractivity contribution in [2.24, 2.45) is 0 Å². The van der Waals surface area contributed by atoms with Crippen LogP contribution in [0.3, 0.4) is 0 Å². The Morgan fingerprint density at radius 2 is 1.45 bits per heavy atom. The minimum absolute atomic E-state index is 0.187. The number of anilines is 2. The van der Waals surface area contributed by atoms with Gasteiger partial charge in [-0.2, -0.15) is 0 Å². The van der Waals surface area contributed by atoms with E-state index < -0.39 is 11.8 Å². The van der Waals surface area contributed by atoms with Crippen molar-refractivity contribution in [3.63, 3.8) is 0 Å². The monoisotopic (exact) mass is 444 g/mol. The maximum Gasteiger partial charge on any atom is 0.282 e. The molecule has 1 heterocycles. The number of methoxy groups -OCH3 is 2. The predicted molar refractivity (Wildman–Crippen MR) is 127 cm³/mol. The molecule has 0 saturated carbocycles. The van der Waals surface area contributed by atoms with Gasteiger partial charge in [-0.25, -0.2) is 4.90 Å². The number of nitrogens with zero attached hydrogens (tertiary/aromatic N) is 1. The Morgan fingerprint density at radius 1 is 0.788 bits per heavy atom. The molecule has 0 atom stereocenters. The van der Waals surface area contributed by atoms with Gasteiger partial charge in [0.1, 0.15) is 22.9 Å². The molecule has 0 saturated heterocycles. The molecule has 0 radical (unpaired) electrons. The fourth-order valence-electron chi connectivity index (χ4n) is 3.61. The molecule has 33 heavy (non-hydrogen) atoms. The van der Waals surface area contributed by atoms with Crippen molar-refractivity contribution in [2.75, 3.05) is 31.0 Å². The third-order valence-corrected chi connectivity index (χ3v) is 5.21. The largest absolute Gasteiger partial charge is 0.497 e. The maximum atomic E-state index is 13.5. The molecule has 0 aliphatic carbocycles. The van der Waals surface area contributed by atoms with Crippen LogP contribution < -0.4 is 24.4 Å². The second-order valence-corrected chi connectivity index (χ2v) is 7.21. The third-order valence-electron chi connectivity index (χ3n) is 5.21. The second kappa shape index (κ2) is 9.48. The number of nitrogens with one attached hydrogen (secondary N) is 1. The lowest BCUT2D eigenvalue weighted by atomic mass is 10.0. The minimum atomic E-state index is -0.446. The molecule has 0 spiro atoms. The summed E-state index contributed by atoms with van der Waals surface area (Å²) in [7, 11) is 3.14. The van der Waals surface area contributed by atoms with E-state index in [0.717, 1.165) is 4.90 Å². The molecule has 7 heteroatoms. The Morgan fingerprint density at radius 3 is 2.09 bits per heavy atom. The summed E-state index contributed by atoms with van der Waals surface area (Å²) in [6, 6.07) is 21.1. The average molecular weight is 444 g/mol. The molecular formula is C26H24N2O5. The fourth-order valence-corrected chi connectivity index (χ4v) is 3.61. The fraction of sp³-hybridized carbons (Fsp3) is 0.154. The van der Waals surface area contributed by atoms with E-state index in [1.54, 1.807) is 87.0 Å². The molecule has 0 aromatic heterocycles. The average Bonchev–Trinajstić information content (AvgIpc) is 3.09. The van der Waals surface area contributed by atoms with E-state index in [4.69, 9.17) is 14.2 Å². The number of amides is 2. The molecule has 3 aromatic rings. The lowest BCUT2D eigenvalue weighted by molar-refractivity contribution is -0.120. The maximum absolute atomic E-state index is 13.5. The first-order valence-corrected chi connectivity index (χ1v) is 10.5. The van der Waals surface area contributed by atoms with Gasteiger partial charge in [0.15, 0.2) is 0 Å². The van der Waals surface area contributed by atoms with Crippen LogP contribution in [-0.2, 0) is 9.59 Å². The molecule has 168 valence electrons. The van der Waals surface area contributed by atoms with Crippen LogP contribution in [0.4, 0.5) is 11.4 Å². The van der Waals surface area contributed by atoms with E-state index in [-0.39, 0.29) is 11.3 Å². The lowest BCUT2D eigenvalue weighted by Gasteiger charge is -2.16. The van der Waals surface area contributed by atoms with Gasteiger partial charge in [0.2, 0.25) is 0 Å². The number of benzene rings is 3. The first kappa shape index (κ1) is 22.0. The van der Waals surface area contributed by atoms with Gasteiger partial charge in [-0.3, -0.25) is 9.59 Å². The normalized spacial score (nSPS) is 13.4. The Bertz CT molecular complexity index is 1200. The van der Waals surface area contributed by atoms with E-state index in [0.29, 0.717) is 40.8 Å². The van der Waals surface area contributed by atoms with Crippen LogP contribution in [0.2, 0.25) is 0 Å². The van der Waals surface area contributed by atoms with Crippen molar-refractivity contribution in [2.45, 2.75) is 6.92 Å². The van der Waals surface area contributed by atoms with Gasteiger partial charge in [-0.15, -0.1) is 0 Å². The van der Waals surface area contributed by atoms with Crippen LogP contribution in [0, 0.1) is 0 Å². The zero-order valence-corrected chi connectivity index (χ0v) is 18.6. The molecule has 0 fully saturated rings. The van der Waals surface area contributed by atoms with Crippen LogP contribution in [-0.4, -0.2) is 32.6 Å². The Kier molecular flexibility index (Phi) is 6.31. The highest BCUT2D eigenvalue weighted by Crippen LogP contribution is 2.35. The van der Waals surface area contributed by atoms with Crippen LogP contribution >= 0.6 is 0 Å². The zero-order valence-electron chi connectivity index (χ0n) is 18.6. The Labute approximate surface area is 192 Å². The van der Waals surface area contributed by atoms with E-state index in [2.05, 4.69) is 5.32 Å². The molecule has 1 aliphatic rings. The Balaban J connectivity index is 1.76. The SMILES string of the molecule is CCOc1ccc(N2C(=O)C(Nc3cccc(OC)c3)=C(c3ccc(OC)cc3)C2=O)cc1. The van der Waals surface area contributed by atoms with Crippen molar-refractivity contribution in [3.8, 4) is 17.2 Å². The molecule has 7 nitrogen and oxygen atoms in total. The molecule has 2 amide bonds. The summed E-state index contributed by atoms with van der Waals surface area (Å²) >= 11 is 0. The van der Waals surface area contributed by atoms with Gasteiger partial charge in [0.05, 0.1) is 32.1 Å². The predicted octanol–water partition coefficient (Wildman–Crippen LogP) is 4.50. The van der Waals surface area contributed by atoms with Gasteiger partial charge in [0.25, 0.3) is 11.8 Å². The number of imide groups is 1. The number of carbonyl (C=O) groups excluding carboxylic acids is 2. The van der Waals surface area contributed by atoms with Gasteiger partial charge in [-0.1, -0.05) is 18.2 Å². The van der Waals surface area contributed by atoms with Crippen molar-refractivity contribution in [3.05, 3.63) is 84.1 Å². The molecule has 4 rings (SSSR count). The third kappa shape index (κ3) is 4.39. The van der Waals surface area contributed by atoms with E-state index in [9.17, 15) is 9.59 Å². The molecule has 1 N–H and O–H groups in total. The van der Waals surface area contributed by atoms with Gasteiger partial charge < -0.3 is 19.5 Å². The quantitative estimate of drug-likeness (QED) is 0.516. The second-order valence-electron chi connectivity index (χ2n) is 7.21. The number of hydrogen-bond acceptors (Lipinski definition) is 6.